The topological polar surface area (TPSA) is 81.6 Å². The first kappa shape index (κ1) is 26.6. The van der Waals surface area contributed by atoms with E-state index >= 15 is 0 Å². The fraction of sp³-hybridized carbons (Fsp3) is 0.741. The summed E-state index contributed by atoms with van der Waals surface area (Å²) in [4.78, 5) is 27.4. The van der Waals surface area contributed by atoms with Gasteiger partial charge in [-0.2, -0.15) is 0 Å². The lowest BCUT2D eigenvalue weighted by Gasteiger charge is -2.38. The van der Waals surface area contributed by atoms with Gasteiger partial charge in [0.2, 0.25) is 5.95 Å². The maximum Gasteiger partial charge on any atom is 0.257 e. The Morgan fingerprint density at radius 1 is 1.21 bits per heavy atom. The van der Waals surface area contributed by atoms with Gasteiger partial charge in [0.05, 0.1) is 17.4 Å². The molecule has 1 unspecified atom stereocenters. The van der Waals surface area contributed by atoms with Gasteiger partial charge in [-0.15, -0.1) is 0 Å². The van der Waals surface area contributed by atoms with E-state index in [0.29, 0.717) is 23.2 Å². The Bertz CT molecular complexity index is 826. The van der Waals surface area contributed by atoms with Crippen molar-refractivity contribution in [2.45, 2.75) is 103 Å². The minimum atomic E-state index is -0.231. The normalized spacial score (nSPS) is 23.0. The van der Waals surface area contributed by atoms with Crippen LogP contribution in [0.1, 0.15) is 95.1 Å². The number of aliphatic hydroxyl groups excluding tert-OH is 1. The molecule has 0 radical (unpaired) electrons. The number of nitrogens with zero attached hydrogens (tertiary/aromatic N) is 4. The Balaban J connectivity index is 1.83. The van der Waals surface area contributed by atoms with E-state index in [1.165, 1.54) is 0 Å². The number of aliphatic hydroxyl groups is 1. The summed E-state index contributed by atoms with van der Waals surface area (Å²) in [6, 6.07) is 1.01. The maximum atomic E-state index is 13.7. The minimum absolute atomic E-state index is 0.0249. The van der Waals surface area contributed by atoms with Crippen molar-refractivity contribution in [1.29, 1.82) is 0 Å². The van der Waals surface area contributed by atoms with Crippen molar-refractivity contribution < 1.29 is 9.90 Å². The zero-order valence-electron chi connectivity index (χ0n) is 21.9. The number of nitrogens with one attached hydrogen (secondary N) is 1. The number of carbonyl (C=O) groups is 1. The van der Waals surface area contributed by atoms with Crippen molar-refractivity contribution >= 4 is 17.4 Å². The Morgan fingerprint density at radius 2 is 1.85 bits per heavy atom. The highest BCUT2D eigenvalue weighted by Crippen LogP contribution is 2.35. The van der Waals surface area contributed by atoms with Gasteiger partial charge in [0.25, 0.3) is 5.91 Å². The molecule has 34 heavy (non-hydrogen) atoms. The highest BCUT2D eigenvalue weighted by Gasteiger charge is 2.31. The monoisotopic (exact) mass is 471 g/mol. The molecular weight excluding hydrogens is 426 g/mol. The summed E-state index contributed by atoms with van der Waals surface area (Å²) in [5.74, 6) is 0.755. The van der Waals surface area contributed by atoms with Gasteiger partial charge in [0.1, 0.15) is 0 Å². The lowest BCUT2D eigenvalue weighted by molar-refractivity contribution is 0.0614. The minimum Gasteiger partial charge on any atom is -0.393 e. The number of hydrogen-bond acceptors (Lipinski definition) is 6. The first-order valence-corrected chi connectivity index (χ1v) is 13.2. The average Bonchev–Trinajstić information content (AvgIpc) is 2.83. The molecule has 7 nitrogen and oxygen atoms in total. The summed E-state index contributed by atoms with van der Waals surface area (Å²) in [6.07, 6.45) is 8.80. The van der Waals surface area contributed by atoms with Crippen LogP contribution >= 0.6 is 0 Å². The molecule has 190 valence electrons. The molecule has 2 fully saturated rings. The highest BCUT2D eigenvalue weighted by atomic mass is 16.3. The van der Waals surface area contributed by atoms with Crippen molar-refractivity contribution in [3.63, 3.8) is 0 Å². The van der Waals surface area contributed by atoms with Crippen LogP contribution in [0.25, 0.3) is 5.57 Å². The molecule has 1 aliphatic heterocycles. The summed E-state index contributed by atoms with van der Waals surface area (Å²) in [6.45, 7) is 15.2. The number of likely N-dealkylation sites (tertiary alicyclic amines) is 1. The van der Waals surface area contributed by atoms with Crippen molar-refractivity contribution in [3.05, 3.63) is 24.0 Å². The molecule has 0 spiro atoms. The summed E-state index contributed by atoms with van der Waals surface area (Å²) in [5, 5.41) is 13.3. The molecule has 2 N–H and O–H groups in total. The molecule has 1 aromatic heterocycles. The van der Waals surface area contributed by atoms with Crippen LogP contribution in [0.15, 0.2) is 12.8 Å². The van der Waals surface area contributed by atoms with Gasteiger partial charge in [-0.3, -0.25) is 4.79 Å². The summed E-state index contributed by atoms with van der Waals surface area (Å²) in [5.41, 5.74) is 2.10. The van der Waals surface area contributed by atoms with Crippen LogP contribution in [-0.2, 0) is 0 Å². The van der Waals surface area contributed by atoms with E-state index in [9.17, 15) is 9.90 Å². The van der Waals surface area contributed by atoms with E-state index in [1.807, 2.05) is 11.9 Å². The second kappa shape index (κ2) is 12.1. The van der Waals surface area contributed by atoms with E-state index in [1.54, 1.807) is 6.20 Å². The number of piperidine rings is 1. The molecule has 2 aliphatic rings. The van der Waals surface area contributed by atoms with E-state index in [2.05, 4.69) is 49.5 Å². The van der Waals surface area contributed by atoms with Crippen LogP contribution in [0.3, 0.4) is 0 Å². The third-order valence-corrected chi connectivity index (χ3v) is 7.71. The third kappa shape index (κ3) is 6.57. The zero-order valence-corrected chi connectivity index (χ0v) is 21.9. The van der Waals surface area contributed by atoms with Crippen molar-refractivity contribution in [1.82, 2.24) is 19.8 Å². The Kier molecular flexibility index (Phi) is 9.48. The zero-order chi connectivity index (χ0) is 24.8. The summed E-state index contributed by atoms with van der Waals surface area (Å²) < 4.78 is 0. The molecule has 7 heteroatoms. The fourth-order valence-corrected chi connectivity index (χ4v) is 5.34. The van der Waals surface area contributed by atoms with Crippen molar-refractivity contribution in [2.24, 2.45) is 5.92 Å². The van der Waals surface area contributed by atoms with Gasteiger partial charge in [0, 0.05) is 44.5 Å². The first-order chi connectivity index (χ1) is 16.2. The van der Waals surface area contributed by atoms with E-state index in [-0.39, 0.29) is 30.0 Å². The molecule has 1 saturated heterocycles. The largest absolute Gasteiger partial charge is 0.393 e. The second-order valence-electron chi connectivity index (χ2n) is 10.6. The van der Waals surface area contributed by atoms with Crippen LogP contribution in [0, 0.1) is 5.92 Å². The number of amides is 1. The SMILES string of the molecule is C=C(c1nc(NC(C)CCC)ncc1C(=O)N(C)C1CCN(C(C)C)CC1)C1CCC(O)CC1. The van der Waals surface area contributed by atoms with Crippen molar-refractivity contribution in [3.8, 4) is 0 Å². The summed E-state index contributed by atoms with van der Waals surface area (Å²) in [7, 11) is 1.91. The smallest absolute Gasteiger partial charge is 0.257 e. The molecule has 1 saturated carbocycles. The average molecular weight is 472 g/mol. The van der Waals surface area contributed by atoms with Gasteiger partial charge in [-0.05, 0) is 77.2 Å². The first-order valence-electron chi connectivity index (χ1n) is 13.2. The number of allylic oxidation sites excluding steroid dienone is 1. The van der Waals surface area contributed by atoms with Crippen LogP contribution in [-0.4, -0.2) is 75.1 Å². The Hall–Kier alpha value is -1.99. The molecule has 1 atom stereocenters. The van der Waals surface area contributed by atoms with E-state index in [4.69, 9.17) is 4.98 Å². The number of rotatable bonds is 9. The lowest BCUT2D eigenvalue weighted by Crippen LogP contribution is -2.47. The molecule has 1 amide bonds. The number of aromatic nitrogens is 2. The fourth-order valence-electron chi connectivity index (χ4n) is 5.34. The van der Waals surface area contributed by atoms with E-state index < -0.39 is 0 Å². The Labute approximate surface area is 206 Å². The number of anilines is 1. The van der Waals surface area contributed by atoms with E-state index in [0.717, 1.165) is 70.0 Å². The van der Waals surface area contributed by atoms with Crippen LogP contribution in [0.4, 0.5) is 5.95 Å². The van der Waals surface area contributed by atoms with Crippen LogP contribution < -0.4 is 5.32 Å². The molecule has 1 aromatic rings. The molecule has 0 bridgehead atoms. The molecule has 0 aromatic carbocycles. The van der Waals surface area contributed by atoms with Gasteiger partial charge < -0.3 is 20.2 Å². The summed E-state index contributed by atoms with van der Waals surface area (Å²) >= 11 is 0. The maximum absolute atomic E-state index is 13.7. The molecule has 2 heterocycles. The van der Waals surface area contributed by atoms with Crippen molar-refractivity contribution in [2.75, 3.05) is 25.5 Å². The third-order valence-electron chi connectivity index (χ3n) is 7.71. The predicted molar refractivity (Wildman–Crippen MR) is 139 cm³/mol. The quantitative estimate of drug-likeness (QED) is 0.548. The predicted octanol–water partition coefficient (Wildman–Crippen LogP) is 4.59. The lowest BCUT2D eigenvalue weighted by atomic mass is 9.81. The number of hydrogen-bond donors (Lipinski definition) is 2. The highest BCUT2D eigenvalue weighted by molar-refractivity contribution is 5.98. The van der Waals surface area contributed by atoms with Gasteiger partial charge >= 0.3 is 0 Å². The molecule has 1 aliphatic carbocycles. The molecule has 3 rings (SSSR count). The van der Waals surface area contributed by atoms with Gasteiger partial charge in [-0.25, -0.2) is 9.97 Å². The standard InChI is InChI=1S/C27H45N5O2/c1-7-8-19(4)29-27-28-17-24(25(30-27)20(5)21-9-11-23(33)12-10-21)26(34)31(6)22-13-15-32(16-14-22)18(2)3/h17-19,21-23,33H,5,7-16H2,1-4,6H3,(H,28,29,30). The Morgan fingerprint density at radius 3 is 2.44 bits per heavy atom. The number of carbonyl (C=O) groups excluding carboxylic acids is 1. The van der Waals surface area contributed by atoms with Gasteiger partial charge in [-0.1, -0.05) is 19.9 Å². The molecular formula is C27H45N5O2. The van der Waals surface area contributed by atoms with Crippen LogP contribution in [0.2, 0.25) is 0 Å². The second-order valence-corrected chi connectivity index (χ2v) is 10.6. The van der Waals surface area contributed by atoms with Gasteiger partial charge in [0.15, 0.2) is 0 Å². The van der Waals surface area contributed by atoms with Crippen LogP contribution in [0.5, 0.6) is 0 Å².